The molecule has 0 atom stereocenters. The van der Waals surface area contributed by atoms with E-state index in [1.807, 2.05) is 0 Å². The molecule has 0 aliphatic carbocycles. The zero-order chi connectivity index (χ0) is 51.1. The third-order valence-electron chi connectivity index (χ3n) is 19.6. The highest BCUT2D eigenvalue weighted by Gasteiger charge is 2.46. The Morgan fingerprint density at radius 2 is 0.526 bits per heavy atom. The van der Waals surface area contributed by atoms with Crippen molar-refractivity contribution >= 4 is 65.2 Å². The van der Waals surface area contributed by atoms with Crippen LogP contribution in [0.3, 0.4) is 0 Å². The molecule has 0 saturated heterocycles. The lowest BCUT2D eigenvalue weighted by Gasteiger charge is -2.42. The fourth-order valence-corrected chi connectivity index (χ4v) is 15.7. The standard InChI is InChI=1S/C74H56N2/c1-71(2)55-27-15-23-49-50-24-16-28-56-66(50)75(65(49)55)69-59(71)37-45(38-60(69)72(56,3)4)43-31-33-47-53(35-43)63(41-19-11-9-12-20-41)48-34-32-44(36-54(48)64(47)42-21-13-10-14-22-42)46-39-61-70-62(40-46)74(7,8)58-30-18-26-52-51-25-17-29-57(73(61,5)6)67(51)76(70)68(52)58/h9-40H,1-8H3. The highest BCUT2D eigenvalue weighted by Crippen LogP contribution is 2.59. The van der Waals surface area contributed by atoms with E-state index >= 15 is 0 Å². The second-order valence-electron chi connectivity index (χ2n) is 24.8. The van der Waals surface area contributed by atoms with E-state index < -0.39 is 0 Å². The summed E-state index contributed by atoms with van der Waals surface area (Å²) in [5, 5.41) is 10.5. The Hall–Kier alpha value is -8.46. The van der Waals surface area contributed by atoms with Crippen LogP contribution in [0.1, 0.15) is 99.9 Å². The van der Waals surface area contributed by atoms with Crippen molar-refractivity contribution in [2.75, 3.05) is 0 Å². The van der Waals surface area contributed by atoms with Crippen LogP contribution >= 0.6 is 0 Å². The van der Waals surface area contributed by atoms with Crippen LogP contribution in [0.2, 0.25) is 0 Å². The van der Waals surface area contributed by atoms with Gasteiger partial charge in [-0.05, 0) is 147 Å². The van der Waals surface area contributed by atoms with Gasteiger partial charge in [0, 0.05) is 43.2 Å². The molecule has 2 aromatic heterocycles. The third kappa shape index (κ3) is 5.01. The van der Waals surface area contributed by atoms with Crippen molar-refractivity contribution < 1.29 is 0 Å². The van der Waals surface area contributed by atoms with Gasteiger partial charge in [0.1, 0.15) is 0 Å². The molecule has 13 aromatic rings. The van der Waals surface area contributed by atoms with Gasteiger partial charge in [0.05, 0.1) is 33.4 Å². The van der Waals surface area contributed by atoms with Crippen LogP contribution in [0.25, 0.3) is 121 Å². The van der Waals surface area contributed by atoms with Gasteiger partial charge < -0.3 is 9.13 Å². The first kappa shape index (κ1) is 42.8. The predicted molar refractivity (Wildman–Crippen MR) is 320 cm³/mol. The van der Waals surface area contributed by atoms with Gasteiger partial charge in [0.2, 0.25) is 0 Å². The van der Waals surface area contributed by atoms with Crippen molar-refractivity contribution in [3.05, 3.63) is 239 Å². The summed E-state index contributed by atoms with van der Waals surface area (Å²) in [6.07, 6.45) is 0. The van der Waals surface area contributed by atoms with Crippen LogP contribution in [-0.4, -0.2) is 9.13 Å². The van der Waals surface area contributed by atoms with Gasteiger partial charge in [-0.25, -0.2) is 0 Å². The van der Waals surface area contributed by atoms with Gasteiger partial charge in [-0.3, -0.25) is 0 Å². The van der Waals surface area contributed by atoms with Crippen LogP contribution in [0, 0.1) is 0 Å². The number of hydrogen-bond acceptors (Lipinski definition) is 0. The molecule has 4 aliphatic heterocycles. The summed E-state index contributed by atoms with van der Waals surface area (Å²) < 4.78 is 5.27. The predicted octanol–water partition coefficient (Wildman–Crippen LogP) is 19.4. The Balaban J connectivity index is 0.925. The zero-order valence-electron chi connectivity index (χ0n) is 44.4. The van der Waals surface area contributed by atoms with Crippen LogP contribution in [0.4, 0.5) is 0 Å². The molecular formula is C74H56N2. The molecule has 11 aromatic carbocycles. The number of aromatic nitrogens is 2. The number of para-hydroxylation sites is 4. The highest BCUT2D eigenvalue weighted by molar-refractivity contribution is 6.23. The smallest absolute Gasteiger partial charge is 0.0582 e. The average molecular weight is 973 g/mol. The molecule has 17 rings (SSSR count). The van der Waals surface area contributed by atoms with Crippen molar-refractivity contribution in [1.29, 1.82) is 0 Å². The summed E-state index contributed by atoms with van der Waals surface area (Å²) in [5.41, 5.74) is 28.5. The topological polar surface area (TPSA) is 9.86 Å². The molecule has 0 unspecified atom stereocenters. The van der Waals surface area contributed by atoms with E-state index in [2.05, 4.69) is 259 Å². The molecule has 2 nitrogen and oxygen atoms in total. The van der Waals surface area contributed by atoms with E-state index in [-0.39, 0.29) is 21.7 Å². The number of hydrogen-bond donors (Lipinski definition) is 0. The number of benzene rings is 11. The summed E-state index contributed by atoms with van der Waals surface area (Å²) in [4.78, 5) is 0. The summed E-state index contributed by atoms with van der Waals surface area (Å²) >= 11 is 0. The average Bonchev–Trinajstić information content (AvgIpc) is 3.99. The number of fused-ring (bicyclic) bond motifs is 4. The molecule has 0 spiro atoms. The first-order chi connectivity index (χ1) is 36.7. The Morgan fingerprint density at radius 3 is 0.829 bits per heavy atom. The van der Waals surface area contributed by atoms with Crippen molar-refractivity contribution in [3.8, 4) is 55.9 Å². The van der Waals surface area contributed by atoms with Gasteiger partial charge in [-0.15, -0.1) is 0 Å². The van der Waals surface area contributed by atoms with Gasteiger partial charge in [0.25, 0.3) is 0 Å². The molecule has 0 fully saturated rings. The molecule has 0 radical (unpaired) electrons. The highest BCUT2D eigenvalue weighted by atomic mass is 15.0. The summed E-state index contributed by atoms with van der Waals surface area (Å²) in [5.74, 6) is 0. The zero-order valence-corrected chi connectivity index (χ0v) is 44.4. The lowest BCUT2D eigenvalue weighted by molar-refractivity contribution is 0.594. The lowest BCUT2D eigenvalue weighted by Crippen LogP contribution is -2.33. The summed E-state index contributed by atoms with van der Waals surface area (Å²) in [6, 6.07) is 75.2. The Kier molecular flexibility index (Phi) is 7.82. The number of rotatable bonds is 4. The maximum atomic E-state index is 2.64. The fourth-order valence-electron chi connectivity index (χ4n) is 15.7. The van der Waals surface area contributed by atoms with Gasteiger partial charge >= 0.3 is 0 Å². The minimum Gasteiger partial charge on any atom is -0.308 e. The summed E-state index contributed by atoms with van der Waals surface area (Å²) in [7, 11) is 0. The van der Waals surface area contributed by atoms with Crippen molar-refractivity contribution in [3.63, 3.8) is 0 Å². The van der Waals surface area contributed by atoms with Crippen LogP contribution in [-0.2, 0) is 21.7 Å². The molecule has 0 N–H and O–H groups in total. The summed E-state index contributed by atoms with van der Waals surface area (Å²) in [6.45, 7) is 19.6. The Morgan fingerprint density at radius 1 is 0.224 bits per heavy atom. The second kappa shape index (κ2) is 13.9. The van der Waals surface area contributed by atoms with E-state index in [0.717, 1.165) is 0 Å². The largest absolute Gasteiger partial charge is 0.308 e. The van der Waals surface area contributed by atoms with Crippen molar-refractivity contribution in [1.82, 2.24) is 9.13 Å². The van der Waals surface area contributed by atoms with Crippen LogP contribution in [0.5, 0.6) is 0 Å². The third-order valence-corrected chi connectivity index (χ3v) is 19.6. The molecular weight excluding hydrogens is 917 g/mol. The van der Waals surface area contributed by atoms with Gasteiger partial charge in [-0.1, -0.05) is 213 Å². The van der Waals surface area contributed by atoms with Crippen LogP contribution < -0.4 is 0 Å². The maximum absolute atomic E-state index is 2.64. The second-order valence-corrected chi connectivity index (χ2v) is 24.8. The van der Waals surface area contributed by atoms with Crippen molar-refractivity contribution in [2.24, 2.45) is 0 Å². The van der Waals surface area contributed by atoms with E-state index in [1.165, 1.54) is 166 Å². The molecule has 0 amide bonds. The molecule has 2 heteroatoms. The Bertz CT molecular complexity index is 4340. The maximum Gasteiger partial charge on any atom is 0.0582 e. The van der Waals surface area contributed by atoms with E-state index in [1.54, 1.807) is 0 Å². The van der Waals surface area contributed by atoms with E-state index in [9.17, 15) is 0 Å². The molecule has 4 aliphatic rings. The molecule has 0 saturated carbocycles. The SMILES string of the molecule is CC1(C)c2cc(-c3ccc4c(-c5ccccc5)c5cc(-c6cc7c8c(c6)C(C)(C)c6cccc9c%10cccc(c%10n-8c69)C7(C)C)ccc5c(-c5ccccc5)c4c3)cc3c2-n2c4c1cccc4c1cccc(c12)C3(C)C. The molecule has 362 valence electrons. The minimum atomic E-state index is -0.213. The van der Waals surface area contributed by atoms with Crippen LogP contribution in [0.15, 0.2) is 194 Å². The lowest BCUT2D eigenvalue weighted by atomic mass is 9.67. The van der Waals surface area contributed by atoms with E-state index in [4.69, 9.17) is 0 Å². The first-order valence-electron chi connectivity index (χ1n) is 27.4. The van der Waals surface area contributed by atoms with Gasteiger partial charge in [-0.2, -0.15) is 0 Å². The Labute approximate surface area is 443 Å². The monoisotopic (exact) mass is 972 g/mol. The molecule has 6 heterocycles. The minimum absolute atomic E-state index is 0.213. The van der Waals surface area contributed by atoms with Crippen molar-refractivity contribution in [2.45, 2.75) is 77.0 Å². The van der Waals surface area contributed by atoms with E-state index in [0.29, 0.717) is 0 Å². The number of nitrogens with zero attached hydrogens (tertiary/aromatic N) is 2. The first-order valence-corrected chi connectivity index (χ1v) is 27.4. The van der Waals surface area contributed by atoms with Gasteiger partial charge in [0.15, 0.2) is 0 Å². The molecule has 76 heavy (non-hydrogen) atoms. The normalized spacial score (nSPS) is 16.3. The fraction of sp³-hybridized carbons (Fsp3) is 0.162. The quantitative estimate of drug-likeness (QED) is 0.156. The molecule has 0 bridgehead atoms.